The summed E-state index contributed by atoms with van der Waals surface area (Å²) >= 11 is 0. The van der Waals surface area contributed by atoms with Crippen LogP contribution in [0.5, 0.6) is 5.75 Å². The zero-order valence-electron chi connectivity index (χ0n) is 10.7. The average Bonchev–Trinajstić information content (AvgIpc) is 2.27. The number of nitrogens with zero attached hydrogens (tertiary/aromatic N) is 1. The number of nitrogens with two attached hydrogens (primary N) is 1. The van der Waals surface area contributed by atoms with Crippen LogP contribution in [0, 0.1) is 6.92 Å². The van der Waals surface area contributed by atoms with Crippen LogP contribution < -0.4 is 10.5 Å². The first kappa shape index (κ1) is 13.4. The molecule has 0 fully saturated rings. The minimum absolute atomic E-state index is 0.117. The molecule has 0 aliphatic heterocycles. The van der Waals surface area contributed by atoms with Crippen molar-refractivity contribution in [3.8, 4) is 5.75 Å². The topological polar surface area (TPSA) is 55.6 Å². The van der Waals surface area contributed by atoms with Crippen molar-refractivity contribution in [1.29, 1.82) is 0 Å². The van der Waals surface area contributed by atoms with Crippen molar-refractivity contribution < 1.29 is 9.53 Å². The minimum Gasteiger partial charge on any atom is -0.491 e. The van der Waals surface area contributed by atoms with Gasteiger partial charge in [0.05, 0.1) is 12.3 Å². The van der Waals surface area contributed by atoms with Crippen LogP contribution in [0.25, 0.3) is 0 Å². The van der Waals surface area contributed by atoms with E-state index in [1.54, 1.807) is 19.0 Å². The molecule has 4 heteroatoms. The van der Waals surface area contributed by atoms with E-state index in [-0.39, 0.29) is 5.91 Å². The summed E-state index contributed by atoms with van der Waals surface area (Å²) in [6.07, 6.45) is 1.20. The predicted octanol–water partition coefficient (Wildman–Crippen LogP) is 1.82. The van der Waals surface area contributed by atoms with E-state index in [0.29, 0.717) is 25.1 Å². The summed E-state index contributed by atoms with van der Waals surface area (Å²) in [6.45, 7) is 2.46. The average molecular weight is 236 g/mol. The number of carbonyl (C=O) groups is 1. The molecule has 1 aromatic carbocycles. The van der Waals surface area contributed by atoms with Crippen molar-refractivity contribution in [3.05, 3.63) is 23.8 Å². The summed E-state index contributed by atoms with van der Waals surface area (Å²) < 4.78 is 5.60. The summed E-state index contributed by atoms with van der Waals surface area (Å²) in [5.74, 6) is 0.844. The standard InChI is InChI=1S/C13H20N2O2/c1-10-6-4-7-11(14)13(10)17-9-5-8-12(16)15(2)3/h4,6-7H,5,8-9,14H2,1-3H3. The van der Waals surface area contributed by atoms with E-state index in [2.05, 4.69) is 0 Å². The molecule has 0 spiro atoms. The molecule has 4 nitrogen and oxygen atoms in total. The van der Waals surface area contributed by atoms with Gasteiger partial charge in [-0.15, -0.1) is 0 Å². The molecule has 0 bridgehead atoms. The Hall–Kier alpha value is -1.71. The highest BCUT2D eigenvalue weighted by Gasteiger charge is 2.06. The lowest BCUT2D eigenvalue weighted by Crippen LogP contribution is -2.21. The fourth-order valence-corrected chi connectivity index (χ4v) is 1.49. The number of amides is 1. The summed E-state index contributed by atoms with van der Waals surface area (Å²) in [6, 6.07) is 5.66. The van der Waals surface area contributed by atoms with Crippen LogP contribution in [0.15, 0.2) is 18.2 Å². The van der Waals surface area contributed by atoms with Crippen LogP contribution in [0.4, 0.5) is 5.69 Å². The molecular weight excluding hydrogens is 216 g/mol. The molecule has 0 atom stereocenters. The summed E-state index contributed by atoms with van der Waals surface area (Å²) in [5, 5.41) is 0. The van der Waals surface area contributed by atoms with Gasteiger partial charge >= 0.3 is 0 Å². The monoisotopic (exact) mass is 236 g/mol. The molecule has 0 saturated carbocycles. The second-order valence-electron chi connectivity index (χ2n) is 4.23. The van der Waals surface area contributed by atoms with Crippen LogP contribution in [-0.2, 0) is 4.79 Å². The van der Waals surface area contributed by atoms with Gasteiger partial charge in [-0.25, -0.2) is 0 Å². The number of anilines is 1. The Morgan fingerprint density at radius 3 is 2.71 bits per heavy atom. The van der Waals surface area contributed by atoms with Gasteiger partial charge in [-0.2, -0.15) is 0 Å². The number of carbonyl (C=O) groups excluding carboxylic acids is 1. The highest BCUT2D eigenvalue weighted by atomic mass is 16.5. The van der Waals surface area contributed by atoms with Crippen LogP contribution in [0.3, 0.4) is 0 Å². The van der Waals surface area contributed by atoms with Gasteiger partial charge in [0.2, 0.25) is 5.91 Å². The van der Waals surface area contributed by atoms with Crippen molar-refractivity contribution in [2.45, 2.75) is 19.8 Å². The third kappa shape index (κ3) is 3.98. The van der Waals surface area contributed by atoms with Gasteiger partial charge in [-0.05, 0) is 25.0 Å². The van der Waals surface area contributed by atoms with E-state index in [1.807, 2.05) is 25.1 Å². The first-order valence-corrected chi connectivity index (χ1v) is 5.70. The van der Waals surface area contributed by atoms with Gasteiger partial charge in [0, 0.05) is 20.5 Å². The molecule has 0 aliphatic carbocycles. The fourth-order valence-electron chi connectivity index (χ4n) is 1.49. The lowest BCUT2D eigenvalue weighted by atomic mass is 10.2. The molecule has 1 amide bonds. The largest absolute Gasteiger partial charge is 0.491 e. The van der Waals surface area contributed by atoms with Crippen molar-refractivity contribution in [2.24, 2.45) is 0 Å². The lowest BCUT2D eigenvalue weighted by molar-refractivity contribution is -0.128. The van der Waals surface area contributed by atoms with Gasteiger partial charge < -0.3 is 15.4 Å². The SMILES string of the molecule is Cc1cccc(N)c1OCCCC(=O)N(C)C. The predicted molar refractivity (Wildman–Crippen MR) is 69.0 cm³/mol. The third-order valence-corrected chi connectivity index (χ3v) is 2.52. The molecule has 0 saturated heterocycles. The summed E-state index contributed by atoms with van der Waals surface area (Å²) in [4.78, 5) is 12.9. The first-order valence-electron chi connectivity index (χ1n) is 5.70. The van der Waals surface area contributed by atoms with Crippen LogP contribution in [-0.4, -0.2) is 31.5 Å². The number of para-hydroxylation sites is 1. The molecule has 1 aromatic rings. The van der Waals surface area contributed by atoms with E-state index < -0.39 is 0 Å². The zero-order valence-corrected chi connectivity index (χ0v) is 10.7. The highest BCUT2D eigenvalue weighted by molar-refractivity contribution is 5.75. The number of benzene rings is 1. The summed E-state index contributed by atoms with van der Waals surface area (Å²) in [7, 11) is 3.51. The van der Waals surface area contributed by atoms with Gasteiger partial charge in [-0.3, -0.25) is 4.79 Å². The number of nitrogen functional groups attached to an aromatic ring is 1. The summed E-state index contributed by atoms with van der Waals surface area (Å²) in [5.41, 5.74) is 7.47. The molecule has 1 rings (SSSR count). The van der Waals surface area contributed by atoms with Gasteiger partial charge in [-0.1, -0.05) is 12.1 Å². The smallest absolute Gasteiger partial charge is 0.222 e. The zero-order chi connectivity index (χ0) is 12.8. The number of hydrogen-bond acceptors (Lipinski definition) is 3. The lowest BCUT2D eigenvalue weighted by Gasteiger charge is -2.12. The van der Waals surface area contributed by atoms with Crippen LogP contribution in [0.1, 0.15) is 18.4 Å². The van der Waals surface area contributed by atoms with Crippen molar-refractivity contribution in [1.82, 2.24) is 4.90 Å². The molecule has 0 heterocycles. The Bertz CT molecular complexity index is 369. The number of rotatable bonds is 5. The maximum Gasteiger partial charge on any atom is 0.222 e. The Balaban J connectivity index is 2.39. The van der Waals surface area contributed by atoms with E-state index in [4.69, 9.17) is 10.5 Å². The molecule has 2 N–H and O–H groups in total. The van der Waals surface area contributed by atoms with Crippen LogP contribution in [0.2, 0.25) is 0 Å². The third-order valence-electron chi connectivity index (χ3n) is 2.52. The molecule has 0 aromatic heterocycles. The maximum atomic E-state index is 11.3. The molecule has 0 aliphatic rings. The minimum atomic E-state index is 0.117. The van der Waals surface area contributed by atoms with Gasteiger partial charge in [0.15, 0.2) is 0 Å². The second-order valence-corrected chi connectivity index (χ2v) is 4.23. The second kappa shape index (κ2) is 6.13. The quantitative estimate of drug-likeness (QED) is 0.626. The van der Waals surface area contributed by atoms with Gasteiger partial charge in [0.25, 0.3) is 0 Å². The van der Waals surface area contributed by atoms with E-state index in [9.17, 15) is 4.79 Å². The Morgan fingerprint density at radius 1 is 1.41 bits per heavy atom. The fraction of sp³-hybridized carbons (Fsp3) is 0.462. The normalized spacial score (nSPS) is 10.1. The number of hydrogen-bond donors (Lipinski definition) is 1. The molecule has 0 unspecified atom stereocenters. The van der Waals surface area contributed by atoms with Gasteiger partial charge in [0.1, 0.15) is 5.75 Å². The van der Waals surface area contributed by atoms with E-state index in [1.165, 1.54) is 0 Å². The van der Waals surface area contributed by atoms with Crippen LogP contribution >= 0.6 is 0 Å². The van der Waals surface area contributed by atoms with Crippen molar-refractivity contribution in [3.63, 3.8) is 0 Å². The Kier molecular flexibility index (Phi) is 4.82. The first-order chi connectivity index (χ1) is 8.02. The van der Waals surface area contributed by atoms with Crippen molar-refractivity contribution in [2.75, 3.05) is 26.4 Å². The van der Waals surface area contributed by atoms with E-state index >= 15 is 0 Å². The van der Waals surface area contributed by atoms with E-state index in [0.717, 1.165) is 11.3 Å². The highest BCUT2D eigenvalue weighted by Crippen LogP contribution is 2.25. The van der Waals surface area contributed by atoms with Crippen molar-refractivity contribution >= 4 is 11.6 Å². The molecule has 17 heavy (non-hydrogen) atoms. The molecule has 0 radical (unpaired) electrons. The molecule has 94 valence electrons. The number of aryl methyl sites for hydroxylation is 1. The molecular formula is C13H20N2O2. The number of ether oxygens (including phenoxy) is 1. The maximum absolute atomic E-state index is 11.3. The Labute approximate surface area is 102 Å². The Morgan fingerprint density at radius 2 is 2.12 bits per heavy atom.